The smallest absolute Gasteiger partial charge is 0.0662 e. The SMILES string of the molecule is N#CC(CC1CCc2ccccc21)C1C=CC=NC1. The van der Waals surface area contributed by atoms with Gasteiger partial charge in [0.05, 0.1) is 12.0 Å². The molecule has 1 aromatic rings. The number of benzene rings is 1. The predicted molar refractivity (Wildman–Crippen MR) is 77.2 cm³/mol. The third kappa shape index (κ3) is 2.46. The number of rotatable bonds is 3. The highest BCUT2D eigenvalue weighted by atomic mass is 14.7. The van der Waals surface area contributed by atoms with Crippen LogP contribution in [0.4, 0.5) is 0 Å². The van der Waals surface area contributed by atoms with Crippen molar-refractivity contribution in [3.05, 3.63) is 47.5 Å². The molecular weight excluding hydrogens is 232 g/mol. The van der Waals surface area contributed by atoms with Gasteiger partial charge in [0.1, 0.15) is 0 Å². The van der Waals surface area contributed by atoms with Crippen molar-refractivity contribution in [3.8, 4) is 6.07 Å². The summed E-state index contributed by atoms with van der Waals surface area (Å²) in [6, 6.07) is 11.2. The third-order valence-electron chi connectivity index (χ3n) is 4.34. The van der Waals surface area contributed by atoms with E-state index >= 15 is 0 Å². The molecular formula is C17H18N2. The molecule has 0 saturated heterocycles. The van der Waals surface area contributed by atoms with Crippen molar-refractivity contribution < 1.29 is 0 Å². The highest BCUT2D eigenvalue weighted by Gasteiger charge is 2.28. The van der Waals surface area contributed by atoms with Crippen LogP contribution in [0.15, 0.2) is 41.4 Å². The van der Waals surface area contributed by atoms with Gasteiger partial charge >= 0.3 is 0 Å². The summed E-state index contributed by atoms with van der Waals surface area (Å²) in [5.74, 6) is 0.938. The lowest BCUT2D eigenvalue weighted by molar-refractivity contribution is 0.419. The molecule has 2 nitrogen and oxygen atoms in total. The number of nitriles is 1. The van der Waals surface area contributed by atoms with Gasteiger partial charge < -0.3 is 0 Å². The van der Waals surface area contributed by atoms with Crippen molar-refractivity contribution in [3.63, 3.8) is 0 Å². The van der Waals surface area contributed by atoms with Crippen molar-refractivity contribution in [2.75, 3.05) is 6.54 Å². The Kier molecular flexibility index (Phi) is 3.46. The maximum atomic E-state index is 9.45. The number of allylic oxidation sites excluding steroid dienone is 1. The maximum Gasteiger partial charge on any atom is 0.0662 e. The van der Waals surface area contributed by atoms with Crippen molar-refractivity contribution in [1.82, 2.24) is 0 Å². The number of fused-ring (bicyclic) bond motifs is 1. The number of aliphatic imine (C=N–C) groups is 1. The lowest BCUT2D eigenvalue weighted by atomic mass is 9.82. The van der Waals surface area contributed by atoms with E-state index in [1.165, 1.54) is 17.5 Å². The molecule has 1 aromatic carbocycles. The normalized spacial score (nSPS) is 25.8. The summed E-state index contributed by atoms with van der Waals surface area (Å²) in [6.07, 6.45) is 9.27. The van der Waals surface area contributed by atoms with Gasteiger partial charge in [0.25, 0.3) is 0 Å². The van der Waals surface area contributed by atoms with Crippen LogP contribution in [0.5, 0.6) is 0 Å². The molecule has 0 fully saturated rings. The van der Waals surface area contributed by atoms with E-state index < -0.39 is 0 Å². The lowest BCUT2D eigenvalue weighted by Gasteiger charge is -2.22. The topological polar surface area (TPSA) is 36.1 Å². The minimum atomic E-state index is 0.0878. The molecule has 3 atom stereocenters. The first-order valence-corrected chi connectivity index (χ1v) is 7.02. The van der Waals surface area contributed by atoms with Crippen molar-refractivity contribution in [2.45, 2.75) is 25.2 Å². The Morgan fingerprint density at radius 3 is 3.05 bits per heavy atom. The van der Waals surface area contributed by atoms with Crippen LogP contribution in [0.2, 0.25) is 0 Å². The zero-order chi connectivity index (χ0) is 13.1. The molecule has 0 N–H and O–H groups in total. The van der Waals surface area contributed by atoms with Crippen molar-refractivity contribution in [2.24, 2.45) is 16.8 Å². The third-order valence-corrected chi connectivity index (χ3v) is 4.34. The number of aryl methyl sites for hydroxylation is 1. The predicted octanol–water partition coefficient (Wildman–Crippen LogP) is 3.50. The van der Waals surface area contributed by atoms with E-state index in [2.05, 4.69) is 41.4 Å². The maximum absolute atomic E-state index is 9.45. The summed E-state index contributed by atoms with van der Waals surface area (Å²) in [7, 11) is 0. The largest absolute Gasteiger partial charge is 0.293 e. The zero-order valence-corrected chi connectivity index (χ0v) is 11.0. The molecule has 0 spiro atoms. The van der Waals surface area contributed by atoms with Crippen LogP contribution in [0, 0.1) is 23.2 Å². The molecule has 3 rings (SSSR count). The molecule has 0 saturated carbocycles. The fraction of sp³-hybridized carbons (Fsp3) is 0.412. The van der Waals surface area contributed by atoms with E-state index in [9.17, 15) is 5.26 Å². The zero-order valence-electron chi connectivity index (χ0n) is 11.0. The van der Waals surface area contributed by atoms with Crippen LogP contribution in [0.3, 0.4) is 0 Å². The Morgan fingerprint density at radius 1 is 1.37 bits per heavy atom. The van der Waals surface area contributed by atoms with Gasteiger partial charge in [-0.15, -0.1) is 0 Å². The summed E-state index contributed by atoms with van der Waals surface area (Å²) in [5, 5.41) is 9.45. The standard InChI is InChI=1S/C17H18N2/c18-11-16(15-5-3-9-19-12-15)10-14-8-7-13-4-1-2-6-17(13)14/h1-6,9,14-16H,7-8,10,12H2. The second-order valence-corrected chi connectivity index (χ2v) is 5.47. The molecule has 0 radical (unpaired) electrons. The first kappa shape index (κ1) is 12.2. The van der Waals surface area contributed by atoms with Gasteiger partial charge in [0, 0.05) is 18.7 Å². The van der Waals surface area contributed by atoms with Crippen LogP contribution in [-0.2, 0) is 6.42 Å². The Balaban J connectivity index is 1.73. The fourth-order valence-electron chi connectivity index (χ4n) is 3.28. The number of dihydropyridines is 1. The van der Waals surface area contributed by atoms with Gasteiger partial charge in [-0.1, -0.05) is 30.3 Å². The van der Waals surface area contributed by atoms with E-state index in [1.807, 2.05) is 12.3 Å². The summed E-state index contributed by atoms with van der Waals surface area (Å²) in [6.45, 7) is 0.767. The minimum Gasteiger partial charge on any atom is -0.293 e. The Labute approximate surface area is 114 Å². The number of hydrogen-bond donors (Lipinski definition) is 0. The van der Waals surface area contributed by atoms with Gasteiger partial charge in [-0.2, -0.15) is 5.26 Å². The van der Waals surface area contributed by atoms with Crippen LogP contribution < -0.4 is 0 Å². The fourth-order valence-corrected chi connectivity index (χ4v) is 3.28. The van der Waals surface area contributed by atoms with E-state index in [0.717, 1.165) is 19.4 Å². The van der Waals surface area contributed by atoms with Gasteiger partial charge in [-0.05, 0) is 42.4 Å². The van der Waals surface area contributed by atoms with E-state index in [0.29, 0.717) is 11.8 Å². The van der Waals surface area contributed by atoms with Gasteiger partial charge in [0.2, 0.25) is 0 Å². The molecule has 19 heavy (non-hydrogen) atoms. The second-order valence-electron chi connectivity index (χ2n) is 5.47. The molecule has 0 amide bonds. The van der Waals surface area contributed by atoms with Crippen LogP contribution >= 0.6 is 0 Å². The van der Waals surface area contributed by atoms with E-state index in [-0.39, 0.29) is 5.92 Å². The summed E-state index contributed by atoms with van der Waals surface area (Å²) < 4.78 is 0. The highest BCUT2D eigenvalue weighted by molar-refractivity contribution is 5.72. The second kappa shape index (κ2) is 5.40. The summed E-state index contributed by atoms with van der Waals surface area (Å²) in [4.78, 5) is 4.28. The summed E-state index contributed by atoms with van der Waals surface area (Å²) in [5.41, 5.74) is 2.94. The number of hydrogen-bond acceptors (Lipinski definition) is 2. The Morgan fingerprint density at radius 2 is 2.26 bits per heavy atom. The minimum absolute atomic E-state index is 0.0878. The number of nitrogens with zero attached hydrogens (tertiary/aromatic N) is 2. The first-order chi connectivity index (χ1) is 9.38. The van der Waals surface area contributed by atoms with Crippen LogP contribution in [-0.4, -0.2) is 12.8 Å². The molecule has 1 aliphatic heterocycles. The molecule has 96 valence electrons. The first-order valence-electron chi connectivity index (χ1n) is 7.02. The molecule has 2 aliphatic rings. The monoisotopic (exact) mass is 250 g/mol. The average molecular weight is 250 g/mol. The van der Waals surface area contributed by atoms with Crippen molar-refractivity contribution in [1.29, 1.82) is 5.26 Å². The molecule has 3 unspecified atom stereocenters. The molecule has 1 heterocycles. The van der Waals surface area contributed by atoms with Gasteiger partial charge in [0.15, 0.2) is 0 Å². The van der Waals surface area contributed by atoms with Gasteiger partial charge in [-0.3, -0.25) is 4.99 Å². The Hall–Kier alpha value is -1.88. The highest BCUT2D eigenvalue weighted by Crippen LogP contribution is 2.39. The average Bonchev–Trinajstić information content (AvgIpc) is 2.89. The molecule has 1 aliphatic carbocycles. The lowest BCUT2D eigenvalue weighted by Crippen LogP contribution is -2.18. The van der Waals surface area contributed by atoms with E-state index in [4.69, 9.17) is 0 Å². The van der Waals surface area contributed by atoms with E-state index in [1.54, 1.807) is 0 Å². The molecule has 0 bridgehead atoms. The summed E-state index contributed by atoms with van der Waals surface area (Å²) >= 11 is 0. The van der Waals surface area contributed by atoms with Crippen LogP contribution in [0.25, 0.3) is 0 Å². The molecule has 2 heteroatoms. The quantitative estimate of drug-likeness (QED) is 0.808. The Bertz CT molecular complexity index is 551. The van der Waals surface area contributed by atoms with Crippen LogP contribution in [0.1, 0.15) is 29.9 Å². The van der Waals surface area contributed by atoms with Crippen molar-refractivity contribution >= 4 is 6.21 Å². The molecule has 0 aromatic heterocycles. The van der Waals surface area contributed by atoms with Gasteiger partial charge in [-0.25, -0.2) is 0 Å².